The minimum atomic E-state index is -0.645. The number of nitrogens with one attached hydrogen (secondary N) is 2. The van der Waals surface area contributed by atoms with Crippen molar-refractivity contribution in [1.82, 2.24) is 10.6 Å². The van der Waals surface area contributed by atoms with Gasteiger partial charge in [0, 0.05) is 26.6 Å². The van der Waals surface area contributed by atoms with Crippen LogP contribution in [-0.2, 0) is 9.53 Å². The van der Waals surface area contributed by atoms with E-state index in [2.05, 4.69) is 10.6 Å². The lowest BCUT2D eigenvalue weighted by Gasteiger charge is -2.16. The Kier molecular flexibility index (Phi) is 8.15. The molecule has 0 aliphatic carbocycles. The molecule has 16 heavy (non-hydrogen) atoms. The second-order valence-corrected chi connectivity index (χ2v) is 4.41. The Morgan fingerprint density at radius 3 is 2.56 bits per heavy atom. The van der Waals surface area contributed by atoms with E-state index in [4.69, 9.17) is 4.74 Å². The van der Waals surface area contributed by atoms with Gasteiger partial charge in [-0.05, 0) is 26.8 Å². The van der Waals surface area contributed by atoms with Gasteiger partial charge in [-0.15, -0.1) is 0 Å². The van der Waals surface area contributed by atoms with Crippen LogP contribution in [0.2, 0.25) is 0 Å². The fourth-order valence-corrected chi connectivity index (χ4v) is 1.10. The molecule has 0 aliphatic heterocycles. The molecular formula is C11H24N2O3. The van der Waals surface area contributed by atoms with E-state index < -0.39 is 5.60 Å². The first-order valence-electron chi connectivity index (χ1n) is 5.64. The van der Waals surface area contributed by atoms with Gasteiger partial charge in [0.1, 0.15) is 0 Å². The lowest BCUT2D eigenvalue weighted by atomic mass is 10.1. The Labute approximate surface area is 97.6 Å². The summed E-state index contributed by atoms with van der Waals surface area (Å²) in [6.07, 6.45) is 1.13. The molecule has 1 amide bonds. The summed E-state index contributed by atoms with van der Waals surface area (Å²) in [5.41, 5.74) is -0.645. The van der Waals surface area contributed by atoms with E-state index >= 15 is 0 Å². The van der Waals surface area contributed by atoms with Gasteiger partial charge in [0.25, 0.3) is 0 Å². The van der Waals surface area contributed by atoms with E-state index in [1.807, 2.05) is 0 Å². The topological polar surface area (TPSA) is 70.6 Å². The Morgan fingerprint density at radius 1 is 1.31 bits per heavy atom. The first-order chi connectivity index (χ1) is 7.45. The van der Waals surface area contributed by atoms with E-state index in [1.54, 1.807) is 21.0 Å². The van der Waals surface area contributed by atoms with Gasteiger partial charge in [-0.3, -0.25) is 4.79 Å². The van der Waals surface area contributed by atoms with Crippen LogP contribution in [-0.4, -0.2) is 50.0 Å². The van der Waals surface area contributed by atoms with Crippen LogP contribution in [0.1, 0.15) is 26.7 Å². The predicted octanol–water partition coefficient (Wildman–Crippen LogP) is -0.110. The zero-order chi connectivity index (χ0) is 12.4. The quantitative estimate of drug-likeness (QED) is 0.485. The first kappa shape index (κ1) is 15.3. The molecule has 0 aromatic rings. The second-order valence-electron chi connectivity index (χ2n) is 4.41. The highest BCUT2D eigenvalue weighted by Crippen LogP contribution is 2.04. The molecule has 3 N–H and O–H groups in total. The average Bonchev–Trinajstić information content (AvgIpc) is 2.16. The van der Waals surface area contributed by atoms with Gasteiger partial charge in [0.15, 0.2) is 0 Å². The second kappa shape index (κ2) is 8.50. The third-order valence-electron chi connectivity index (χ3n) is 2.07. The van der Waals surface area contributed by atoms with E-state index in [1.165, 1.54) is 0 Å². The molecule has 0 bridgehead atoms. The zero-order valence-corrected chi connectivity index (χ0v) is 10.5. The maximum atomic E-state index is 11.2. The SMILES string of the molecule is COCCNC(=O)CCNCCC(C)(C)O. The maximum absolute atomic E-state index is 11.2. The maximum Gasteiger partial charge on any atom is 0.221 e. The summed E-state index contributed by atoms with van der Waals surface area (Å²) in [6, 6.07) is 0. The molecule has 0 aliphatic rings. The summed E-state index contributed by atoms with van der Waals surface area (Å²) in [5, 5.41) is 15.3. The first-order valence-corrected chi connectivity index (χ1v) is 5.64. The number of ether oxygens (including phenoxy) is 1. The number of hydrogen-bond donors (Lipinski definition) is 3. The molecule has 0 fully saturated rings. The molecule has 0 unspecified atom stereocenters. The summed E-state index contributed by atoms with van der Waals surface area (Å²) < 4.78 is 4.81. The fraction of sp³-hybridized carbons (Fsp3) is 0.909. The highest BCUT2D eigenvalue weighted by Gasteiger charge is 2.10. The van der Waals surface area contributed by atoms with E-state index in [-0.39, 0.29) is 5.91 Å². The molecular weight excluding hydrogens is 208 g/mol. The smallest absolute Gasteiger partial charge is 0.221 e. The van der Waals surface area contributed by atoms with Crippen LogP contribution in [0.15, 0.2) is 0 Å². The summed E-state index contributed by atoms with van der Waals surface area (Å²) in [5.74, 6) is 0.0211. The van der Waals surface area contributed by atoms with Gasteiger partial charge >= 0.3 is 0 Å². The van der Waals surface area contributed by atoms with Gasteiger partial charge < -0.3 is 20.5 Å². The summed E-state index contributed by atoms with van der Waals surface area (Å²) in [4.78, 5) is 11.2. The third kappa shape index (κ3) is 11.4. The van der Waals surface area contributed by atoms with Crippen LogP contribution in [0.4, 0.5) is 0 Å². The number of methoxy groups -OCH3 is 1. The Hall–Kier alpha value is -0.650. The number of carbonyl (C=O) groups excluding carboxylic acids is 1. The number of carbonyl (C=O) groups is 1. The Bertz CT molecular complexity index is 190. The molecule has 0 aromatic carbocycles. The Morgan fingerprint density at radius 2 is 2.00 bits per heavy atom. The van der Waals surface area contributed by atoms with Crippen LogP contribution in [0.3, 0.4) is 0 Å². The van der Waals surface area contributed by atoms with Gasteiger partial charge in [0.05, 0.1) is 12.2 Å². The van der Waals surface area contributed by atoms with Crippen molar-refractivity contribution in [3.63, 3.8) is 0 Å². The monoisotopic (exact) mass is 232 g/mol. The van der Waals surface area contributed by atoms with Crippen molar-refractivity contribution in [3.8, 4) is 0 Å². The van der Waals surface area contributed by atoms with Crippen LogP contribution in [0.25, 0.3) is 0 Å². The third-order valence-corrected chi connectivity index (χ3v) is 2.07. The highest BCUT2D eigenvalue weighted by molar-refractivity contribution is 5.75. The summed E-state index contributed by atoms with van der Waals surface area (Å²) in [6.45, 7) is 5.99. The van der Waals surface area contributed by atoms with Crippen LogP contribution >= 0.6 is 0 Å². The summed E-state index contributed by atoms with van der Waals surface area (Å²) >= 11 is 0. The molecule has 0 saturated carbocycles. The van der Waals surface area contributed by atoms with Gasteiger partial charge in [-0.1, -0.05) is 0 Å². The zero-order valence-electron chi connectivity index (χ0n) is 10.5. The van der Waals surface area contributed by atoms with Crippen molar-refractivity contribution in [2.24, 2.45) is 0 Å². The van der Waals surface area contributed by atoms with E-state index in [0.29, 0.717) is 32.5 Å². The number of amides is 1. The van der Waals surface area contributed by atoms with Gasteiger partial charge in [0.2, 0.25) is 5.91 Å². The normalized spacial score (nSPS) is 11.5. The average molecular weight is 232 g/mol. The largest absolute Gasteiger partial charge is 0.390 e. The standard InChI is InChI=1S/C11H24N2O3/c1-11(2,15)5-7-12-6-4-10(14)13-8-9-16-3/h12,15H,4-9H2,1-3H3,(H,13,14). The van der Waals surface area contributed by atoms with Crippen molar-refractivity contribution in [3.05, 3.63) is 0 Å². The molecule has 96 valence electrons. The van der Waals surface area contributed by atoms with Crippen LogP contribution < -0.4 is 10.6 Å². The van der Waals surface area contributed by atoms with Crippen molar-refractivity contribution in [2.45, 2.75) is 32.3 Å². The lowest BCUT2D eigenvalue weighted by Crippen LogP contribution is -2.32. The minimum absolute atomic E-state index is 0.0211. The Balaban J connectivity index is 3.28. The van der Waals surface area contributed by atoms with Crippen molar-refractivity contribution < 1.29 is 14.6 Å². The molecule has 0 atom stereocenters. The van der Waals surface area contributed by atoms with Gasteiger partial charge in [-0.2, -0.15) is 0 Å². The molecule has 0 heterocycles. The molecule has 0 aromatic heterocycles. The molecule has 0 spiro atoms. The number of rotatable bonds is 9. The predicted molar refractivity (Wildman–Crippen MR) is 63.3 cm³/mol. The van der Waals surface area contributed by atoms with Crippen molar-refractivity contribution in [2.75, 3.05) is 33.4 Å². The van der Waals surface area contributed by atoms with Crippen LogP contribution in [0, 0.1) is 0 Å². The van der Waals surface area contributed by atoms with Gasteiger partial charge in [-0.25, -0.2) is 0 Å². The molecule has 0 rings (SSSR count). The number of hydrogen-bond acceptors (Lipinski definition) is 4. The van der Waals surface area contributed by atoms with E-state index in [9.17, 15) is 9.90 Å². The molecule has 5 nitrogen and oxygen atoms in total. The van der Waals surface area contributed by atoms with E-state index in [0.717, 1.165) is 6.54 Å². The number of aliphatic hydroxyl groups is 1. The fourth-order valence-electron chi connectivity index (χ4n) is 1.10. The summed E-state index contributed by atoms with van der Waals surface area (Å²) in [7, 11) is 1.60. The highest BCUT2D eigenvalue weighted by atomic mass is 16.5. The lowest BCUT2D eigenvalue weighted by molar-refractivity contribution is -0.121. The molecule has 0 saturated heterocycles. The van der Waals surface area contributed by atoms with Crippen molar-refractivity contribution >= 4 is 5.91 Å². The molecule has 5 heteroatoms. The van der Waals surface area contributed by atoms with Crippen LogP contribution in [0.5, 0.6) is 0 Å². The molecule has 0 radical (unpaired) electrons. The van der Waals surface area contributed by atoms with Crippen molar-refractivity contribution in [1.29, 1.82) is 0 Å². The minimum Gasteiger partial charge on any atom is -0.390 e.